The molecule has 0 saturated heterocycles. The summed E-state index contributed by atoms with van der Waals surface area (Å²) in [4.78, 5) is 36.6. The maximum Gasteiger partial charge on any atom is 0.302 e. The number of ketones is 2. The third kappa shape index (κ3) is 2.59. The van der Waals surface area contributed by atoms with Crippen molar-refractivity contribution >= 4 is 17.5 Å². The number of esters is 1. The minimum atomic E-state index is -1.26. The van der Waals surface area contributed by atoms with Crippen molar-refractivity contribution in [1.82, 2.24) is 0 Å². The molecule has 29 heavy (non-hydrogen) atoms. The van der Waals surface area contributed by atoms with Crippen molar-refractivity contribution < 1.29 is 24.2 Å². The zero-order valence-corrected chi connectivity index (χ0v) is 18.1. The molecule has 2 fully saturated rings. The van der Waals surface area contributed by atoms with E-state index in [1.165, 1.54) is 13.8 Å². The highest BCUT2D eigenvalue weighted by atomic mass is 16.5. The molecule has 5 heteroatoms. The van der Waals surface area contributed by atoms with Crippen molar-refractivity contribution in [2.24, 2.45) is 28.6 Å². The summed E-state index contributed by atoms with van der Waals surface area (Å²) in [5.74, 6) is 0.103. The minimum Gasteiger partial charge on any atom is -0.461 e. The van der Waals surface area contributed by atoms with E-state index in [-0.39, 0.29) is 41.7 Å². The van der Waals surface area contributed by atoms with Crippen LogP contribution in [0, 0.1) is 28.6 Å². The predicted octanol–water partition coefficient (Wildman–Crippen LogP) is 3.55. The monoisotopic (exact) mass is 400 g/mol. The Hall–Kier alpha value is -1.75. The largest absolute Gasteiger partial charge is 0.461 e. The Kier molecular flexibility index (Phi) is 4.51. The fraction of sp³-hybridized carbons (Fsp3) is 0.708. The zero-order valence-electron chi connectivity index (χ0n) is 18.1. The van der Waals surface area contributed by atoms with Gasteiger partial charge in [-0.05, 0) is 68.9 Å². The van der Waals surface area contributed by atoms with Crippen molar-refractivity contribution in [3.05, 3.63) is 23.3 Å². The van der Waals surface area contributed by atoms with Crippen molar-refractivity contribution in [3.63, 3.8) is 0 Å². The van der Waals surface area contributed by atoms with Gasteiger partial charge in [0.1, 0.15) is 11.7 Å². The molecule has 0 aliphatic heterocycles. The summed E-state index contributed by atoms with van der Waals surface area (Å²) < 4.78 is 5.72. The van der Waals surface area contributed by atoms with E-state index in [2.05, 4.69) is 19.9 Å². The van der Waals surface area contributed by atoms with Gasteiger partial charge in [0.05, 0.1) is 0 Å². The molecule has 2 saturated carbocycles. The highest BCUT2D eigenvalue weighted by molar-refractivity contribution is 5.93. The second-order valence-electron chi connectivity index (χ2n) is 10.2. The first-order valence-electron chi connectivity index (χ1n) is 10.8. The number of carbonyl (C=O) groups is 3. The maximum absolute atomic E-state index is 12.4. The molecular formula is C24H32O5. The third-order valence-corrected chi connectivity index (χ3v) is 8.95. The Labute approximate surface area is 172 Å². The second-order valence-corrected chi connectivity index (χ2v) is 10.2. The van der Waals surface area contributed by atoms with Crippen molar-refractivity contribution in [3.8, 4) is 0 Å². The van der Waals surface area contributed by atoms with E-state index in [0.29, 0.717) is 6.42 Å². The van der Waals surface area contributed by atoms with Crippen LogP contribution in [-0.4, -0.2) is 34.3 Å². The SMILES string of the molecule is CC(=O)OC1CC(=O)C=C2C(C)=C[C@H]3[C@@H]4CC[C@](O)(C(C)=O)[C@@]4(C)CC[C@@H]3[C@]21C. The number of Topliss-reactive ketones (excluding diaryl/α,β-unsaturated/α-hetero) is 1. The van der Waals surface area contributed by atoms with Gasteiger partial charge in [-0.25, -0.2) is 0 Å². The molecule has 0 amide bonds. The molecule has 7 atom stereocenters. The Morgan fingerprint density at radius 3 is 2.41 bits per heavy atom. The van der Waals surface area contributed by atoms with E-state index in [9.17, 15) is 19.5 Å². The fourth-order valence-corrected chi connectivity index (χ4v) is 7.39. The summed E-state index contributed by atoms with van der Waals surface area (Å²) >= 11 is 0. The number of hydrogen-bond donors (Lipinski definition) is 1. The van der Waals surface area contributed by atoms with E-state index in [1.54, 1.807) is 6.08 Å². The molecule has 0 aromatic heterocycles. The van der Waals surface area contributed by atoms with Crippen molar-refractivity contribution in [2.75, 3.05) is 0 Å². The Morgan fingerprint density at radius 1 is 1.14 bits per heavy atom. The quantitative estimate of drug-likeness (QED) is 0.717. The van der Waals surface area contributed by atoms with Crippen LogP contribution in [0.3, 0.4) is 0 Å². The second kappa shape index (κ2) is 6.37. The number of fused-ring (bicyclic) bond motifs is 5. The van der Waals surface area contributed by atoms with Crippen LogP contribution >= 0.6 is 0 Å². The van der Waals surface area contributed by atoms with Crippen LogP contribution in [-0.2, 0) is 19.1 Å². The summed E-state index contributed by atoms with van der Waals surface area (Å²) in [5.41, 5.74) is -0.0952. The lowest BCUT2D eigenvalue weighted by Gasteiger charge is -2.59. The molecule has 0 heterocycles. The molecule has 0 aromatic rings. The van der Waals surface area contributed by atoms with E-state index >= 15 is 0 Å². The zero-order chi connectivity index (χ0) is 21.4. The first kappa shape index (κ1) is 20.5. The van der Waals surface area contributed by atoms with Crippen LogP contribution in [0.2, 0.25) is 0 Å². The van der Waals surface area contributed by atoms with Gasteiger partial charge >= 0.3 is 5.97 Å². The molecule has 5 nitrogen and oxygen atoms in total. The molecule has 0 aromatic carbocycles. The Bertz CT molecular complexity index is 853. The van der Waals surface area contributed by atoms with Gasteiger partial charge in [0.2, 0.25) is 0 Å². The van der Waals surface area contributed by atoms with Gasteiger partial charge in [-0.1, -0.05) is 25.5 Å². The summed E-state index contributed by atoms with van der Waals surface area (Å²) in [6, 6.07) is 0. The lowest BCUT2D eigenvalue weighted by atomic mass is 9.46. The number of aliphatic hydroxyl groups is 1. The third-order valence-electron chi connectivity index (χ3n) is 8.95. The predicted molar refractivity (Wildman–Crippen MR) is 108 cm³/mol. The Morgan fingerprint density at radius 2 is 1.79 bits per heavy atom. The standard InChI is InChI=1S/C24H32O5/c1-13-10-17-18-7-9-24(28,14(2)25)22(18,4)8-6-19(17)23(5)20(13)11-16(27)12-21(23)29-15(3)26/h10-11,17-19,21,28H,6-9,12H2,1-5H3/t17-,18-,19-,21?,22-,23+,24-/m0/s1. The van der Waals surface area contributed by atoms with Crippen LogP contribution in [0.1, 0.15) is 66.7 Å². The molecule has 4 rings (SSSR count). The van der Waals surface area contributed by atoms with Gasteiger partial charge in [0.25, 0.3) is 0 Å². The molecule has 0 bridgehead atoms. The van der Waals surface area contributed by atoms with Gasteiger partial charge in [-0.15, -0.1) is 0 Å². The number of rotatable bonds is 2. The van der Waals surface area contributed by atoms with Gasteiger partial charge in [0, 0.05) is 24.2 Å². The molecule has 4 aliphatic carbocycles. The summed E-state index contributed by atoms with van der Waals surface area (Å²) in [5, 5.41) is 11.3. The number of hydrogen-bond acceptors (Lipinski definition) is 5. The molecular weight excluding hydrogens is 368 g/mol. The van der Waals surface area contributed by atoms with Gasteiger partial charge < -0.3 is 9.84 Å². The molecule has 0 spiro atoms. The van der Waals surface area contributed by atoms with E-state index in [4.69, 9.17) is 4.74 Å². The van der Waals surface area contributed by atoms with E-state index in [0.717, 1.165) is 30.4 Å². The highest BCUT2D eigenvalue weighted by Gasteiger charge is 2.66. The lowest BCUT2D eigenvalue weighted by Crippen LogP contribution is -2.59. The number of ether oxygens (including phenoxy) is 1. The molecule has 1 unspecified atom stereocenters. The van der Waals surface area contributed by atoms with Crippen molar-refractivity contribution in [1.29, 1.82) is 0 Å². The number of carbonyl (C=O) groups excluding carboxylic acids is 3. The summed E-state index contributed by atoms with van der Waals surface area (Å²) in [7, 11) is 0. The first-order chi connectivity index (χ1) is 13.4. The Balaban J connectivity index is 1.81. The average molecular weight is 401 g/mol. The number of allylic oxidation sites excluding steroid dienone is 3. The van der Waals surface area contributed by atoms with E-state index < -0.39 is 22.5 Å². The average Bonchev–Trinajstić information content (AvgIpc) is 2.90. The first-order valence-corrected chi connectivity index (χ1v) is 10.8. The fourth-order valence-electron chi connectivity index (χ4n) is 7.39. The summed E-state index contributed by atoms with van der Waals surface area (Å²) in [6.45, 7) is 9.15. The van der Waals surface area contributed by atoms with Crippen LogP contribution in [0.5, 0.6) is 0 Å². The lowest BCUT2D eigenvalue weighted by molar-refractivity contribution is -0.167. The molecule has 0 radical (unpaired) electrons. The molecule has 4 aliphatic rings. The maximum atomic E-state index is 12.4. The van der Waals surface area contributed by atoms with Crippen LogP contribution in [0.15, 0.2) is 23.3 Å². The van der Waals surface area contributed by atoms with Crippen LogP contribution < -0.4 is 0 Å². The van der Waals surface area contributed by atoms with Crippen LogP contribution in [0.25, 0.3) is 0 Å². The molecule has 158 valence electrons. The van der Waals surface area contributed by atoms with Crippen LogP contribution in [0.4, 0.5) is 0 Å². The molecule has 1 N–H and O–H groups in total. The van der Waals surface area contributed by atoms with Gasteiger partial charge in [0.15, 0.2) is 11.6 Å². The smallest absolute Gasteiger partial charge is 0.302 e. The summed E-state index contributed by atoms with van der Waals surface area (Å²) in [6.07, 6.45) is 6.65. The van der Waals surface area contributed by atoms with Crippen molar-refractivity contribution in [2.45, 2.75) is 78.4 Å². The topological polar surface area (TPSA) is 80.7 Å². The minimum absolute atomic E-state index is 0.00222. The van der Waals surface area contributed by atoms with E-state index in [1.807, 2.05) is 6.92 Å². The normalized spacial score (nSPS) is 46.1. The van der Waals surface area contributed by atoms with Gasteiger partial charge in [-0.3, -0.25) is 14.4 Å². The highest BCUT2D eigenvalue weighted by Crippen LogP contribution is 2.67. The van der Waals surface area contributed by atoms with Gasteiger partial charge in [-0.2, -0.15) is 0 Å².